The summed E-state index contributed by atoms with van der Waals surface area (Å²) >= 11 is 1.18. The van der Waals surface area contributed by atoms with Gasteiger partial charge in [0.05, 0.1) is 18.0 Å². The van der Waals surface area contributed by atoms with Crippen LogP contribution in [0.1, 0.15) is 6.92 Å². The van der Waals surface area contributed by atoms with E-state index < -0.39 is 11.2 Å². The van der Waals surface area contributed by atoms with Crippen LogP contribution >= 0.6 is 11.8 Å². The lowest BCUT2D eigenvalue weighted by Gasteiger charge is -2.11. The van der Waals surface area contributed by atoms with Crippen molar-refractivity contribution in [2.45, 2.75) is 12.1 Å². The molecule has 28 heavy (non-hydrogen) atoms. The van der Waals surface area contributed by atoms with Crippen LogP contribution in [0.4, 0.5) is 5.69 Å². The van der Waals surface area contributed by atoms with Gasteiger partial charge >= 0.3 is 5.69 Å². The number of para-hydroxylation sites is 2. The first-order chi connectivity index (χ1) is 13.3. The molecule has 9 nitrogen and oxygen atoms in total. The molecule has 1 amide bonds. The quantitative estimate of drug-likeness (QED) is 0.619. The van der Waals surface area contributed by atoms with Crippen LogP contribution < -0.4 is 21.3 Å². The van der Waals surface area contributed by atoms with E-state index in [9.17, 15) is 14.4 Å². The molecule has 0 fully saturated rings. The topological polar surface area (TPSA) is 100 Å². The fourth-order valence-corrected chi connectivity index (χ4v) is 3.62. The minimum Gasteiger partial charge on any atom is -0.492 e. The van der Waals surface area contributed by atoms with Crippen molar-refractivity contribution in [2.75, 3.05) is 17.7 Å². The van der Waals surface area contributed by atoms with Gasteiger partial charge in [-0.25, -0.2) is 9.78 Å². The fourth-order valence-electron chi connectivity index (χ4n) is 2.86. The Hall–Kier alpha value is -3.01. The Balaban J connectivity index is 1.81. The fraction of sp³-hybridized carbons (Fsp3) is 0.333. The molecule has 0 spiro atoms. The molecule has 0 atom stereocenters. The van der Waals surface area contributed by atoms with Crippen molar-refractivity contribution in [3.05, 3.63) is 45.1 Å². The van der Waals surface area contributed by atoms with Crippen LogP contribution in [0, 0.1) is 0 Å². The molecule has 1 N–H and O–H groups in total. The summed E-state index contributed by atoms with van der Waals surface area (Å²) in [6, 6.07) is 7.20. The Bertz CT molecular complexity index is 1160. The normalized spacial score (nSPS) is 11.0. The van der Waals surface area contributed by atoms with Gasteiger partial charge in [-0.3, -0.25) is 18.7 Å². The SMILES string of the molecule is CCOc1ccccc1NC(=O)CSc1nc2c(=O)n(C)c(=O)n(C)c2n1C. The van der Waals surface area contributed by atoms with Crippen molar-refractivity contribution in [2.24, 2.45) is 21.1 Å². The maximum absolute atomic E-state index is 12.4. The summed E-state index contributed by atoms with van der Waals surface area (Å²) in [5, 5.41) is 3.29. The molecule has 3 rings (SSSR count). The third kappa shape index (κ3) is 3.55. The number of carbonyl (C=O) groups is 1. The van der Waals surface area contributed by atoms with Crippen LogP contribution in [0.2, 0.25) is 0 Å². The van der Waals surface area contributed by atoms with Gasteiger partial charge < -0.3 is 14.6 Å². The summed E-state index contributed by atoms with van der Waals surface area (Å²) in [6.07, 6.45) is 0. The number of hydrogen-bond donors (Lipinski definition) is 1. The standard InChI is InChI=1S/C18H21N5O4S/c1-5-27-12-9-7-6-8-11(12)19-13(24)10-28-17-20-14-15(21(17)2)22(3)18(26)23(4)16(14)25/h6-9H,5,10H2,1-4H3,(H,19,24). The Morgan fingerprint density at radius 2 is 1.86 bits per heavy atom. The zero-order valence-electron chi connectivity index (χ0n) is 16.1. The summed E-state index contributed by atoms with van der Waals surface area (Å²) in [6.45, 7) is 2.37. The van der Waals surface area contributed by atoms with Crippen LogP contribution in [-0.2, 0) is 25.9 Å². The van der Waals surface area contributed by atoms with Crippen molar-refractivity contribution in [1.82, 2.24) is 18.7 Å². The van der Waals surface area contributed by atoms with Gasteiger partial charge in [-0.15, -0.1) is 0 Å². The minimum absolute atomic E-state index is 0.0892. The highest BCUT2D eigenvalue weighted by atomic mass is 32.2. The zero-order chi connectivity index (χ0) is 20.4. The summed E-state index contributed by atoms with van der Waals surface area (Å²) in [4.78, 5) is 41.1. The van der Waals surface area contributed by atoms with Gasteiger partial charge in [-0.2, -0.15) is 0 Å². The predicted octanol–water partition coefficient (Wildman–Crippen LogP) is 1.10. The number of aryl methyl sites for hydroxylation is 2. The molecular weight excluding hydrogens is 382 g/mol. The summed E-state index contributed by atoms with van der Waals surface area (Å²) < 4.78 is 9.53. The molecule has 1 aromatic carbocycles. The first-order valence-electron chi connectivity index (χ1n) is 8.62. The highest BCUT2D eigenvalue weighted by molar-refractivity contribution is 7.99. The largest absolute Gasteiger partial charge is 0.492 e. The average Bonchev–Trinajstić information content (AvgIpc) is 3.01. The third-order valence-electron chi connectivity index (χ3n) is 4.22. The molecule has 0 radical (unpaired) electrons. The Kier molecular flexibility index (Phi) is 5.59. The average molecular weight is 403 g/mol. The highest BCUT2D eigenvalue weighted by Gasteiger charge is 2.18. The molecule has 3 aromatic rings. The molecule has 0 bridgehead atoms. The second kappa shape index (κ2) is 7.93. The zero-order valence-corrected chi connectivity index (χ0v) is 16.9. The van der Waals surface area contributed by atoms with Crippen molar-refractivity contribution in [3.8, 4) is 5.75 Å². The van der Waals surface area contributed by atoms with Crippen LogP contribution in [0.5, 0.6) is 5.75 Å². The number of thioether (sulfide) groups is 1. The molecular formula is C18H21N5O4S. The molecule has 2 heterocycles. The monoisotopic (exact) mass is 403 g/mol. The number of carbonyl (C=O) groups excluding carboxylic acids is 1. The van der Waals surface area contributed by atoms with Crippen molar-refractivity contribution >= 4 is 34.5 Å². The second-order valence-electron chi connectivity index (χ2n) is 6.10. The maximum Gasteiger partial charge on any atom is 0.332 e. The smallest absolute Gasteiger partial charge is 0.332 e. The van der Waals surface area contributed by atoms with Gasteiger partial charge in [-0.1, -0.05) is 23.9 Å². The van der Waals surface area contributed by atoms with Crippen LogP contribution in [0.15, 0.2) is 39.0 Å². The van der Waals surface area contributed by atoms with Gasteiger partial charge in [0, 0.05) is 21.1 Å². The number of ether oxygens (including phenoxy) is 1. The van der Waals surface area contributed by atoms with E-state index in [1.54, 1.807) is 30.8 Å². The van der Waals surface area contributed by atoms with Gasteiger partial charge in [0.1, 0.15) is 5.75 Å². The lowest BCUT2D eigenvalue weighted by Crippen LogP contribution is -2.37. The van der Waals surface area contributed by atoms with E-state index in [0.717, 1.165) is 4.57 Å². The molecule has 10 heteroatoms. The summed E-state index contributed by atoms with van der Waals surface area (Å²) in [5.41, 5.74) is 0.309. The predicted molar refractivity (Wildman–Crippen MR) is 108 cm³/mol. The Morgan fingerprint density at radius 3 is 2.57 bits per heavy atom. The van der Waals surface area contributed by atoms with Gasteiger partial charge in [-0.05, 0) is 19.1 Å². The number of nitrogens with one attached hydrogen (secondary N) is 1. The first kappa shape index (κ1) is 19.7. The molecule has 0 aliphatic carbocycles. The van der Waals surface area contributed by atoms with Crippen molar-refractivity contribution in [3.63, 3.8) is 0 Å². The maximum atomic E-state index is 12.4. The number of nitrogens with zero attached hydrogens (tertiary/aromatic N) is 4. The molecule has 148 valence electrons. The summed E-state index contributed by atoms with van der Waals surface area (Å²) in [7, 11) is 4.70. The molecule has 2 aromatic heterocycles. The number of rotatable bonds is 6. The van der Waals surface area contributed by atoms with Gasteiger partial charge in [0.15, 0.2) is 16.3 Å². The lowest BCUT2D eigenvalue weighted by molar-refractivity contribution is -0.113. The number of imidazole rings is 1. The van der Waals surface area contributed by atoms with E-state index in [1.165, 1.54) is 23.4 Å². The molecule has 0 saturated heterocycles. The van der Waals surface area contributed by atoms with E-state index in [2.05, 4.69) is 10.3 Å². The number of aromatic nitrogens is 4. The van der Waals surface area contributed by atoms with E-state index in [0.29, 0.717) is 28.8 Å². The number of benzene rings is 1. The van der Waals surface area contributed by atoms with E-state index in [-0.39, 0.29) is 17.2 Å². The van der Waals surface area contributed by atoms with E-state index in [1.807, 2.05) is 19.1 Å². The highest BCUT2D eigenvalue weighted by Crippen LogP contribution is 2.25. The van der Waals surface area contributed by atoms with Crippen molar-refractivity contribution < 1.29 is 9.53 Å². The number of amides is 1. The minimum atomic E-state index is -0.462. The molecule has 0 aliphatic rings. The number of hydrogen-bond acceptors (Lipinski definition) is 6. The van der Waals surface area contributed by atoms with Crippen LogP contribution in [0.25, 0.3) is 11.2 Å². The van der Waals surface area contributed by atoms with Crippen molar-refractivity contribution in [1.29, 1.82) is 0 Å². The second-order valence-corrected chi connectivity index (χ2v) is 7.04. The van der Waals surface area contributed by atoms with E-state index in [4.69, 9.17) is 4.74 Å². The first-order valence-corrected chi connectivity index (χ1v) is 9.60. The summed E-state index contributed by atoms with van der Waals surface area (Å²) in [5.74, 6) is 0.460. The third-order valence-corrected chi connectivity index (χ3v) is 5.25. The van der Waals surface area contributed by atoms with E-state index >= 15 is 0 Å². The number of anilines is 1. The Labute approximate surface area is 164 Å². The lowest BCUT2D eigenvalue weighted by atomic mass is 10.3. The van der Waals surface area contributed by atoms with Crippen LogP contribution in [-0.4, -0.2) is 37.0 Å². The molecule has 0 aliphatic heterocycles. The molecule has 0 saturated carbocycles. The molecule has 0 unspecified atom stereocenters. The van der Waals surface area contributed by atoms with Gasteiger partial charge in [0.2, 0.25) is 5.91 Å². The van der Waals surface area contributed by atoms with Gasteiger partial charge in [0.25, 0.3) is 5.56 Å². The number of fused-ring (bicyclic) bond motifs is 1. The van der Waals surface area contributed by atoms with Crippen LogP contribution in [0.3, 0.4) is 0 Å². The Morgan fingerprint density at radius 1 is 1.14 bits per heavy atom.